The fraction of sp³-hybridized carbons (Fsp3) is 0.393. The van der Waals surface area contributed by atoms with Gasteiger partial charge >= 0.3 is 0 Å². The van der Waals surface area contributed by atoms with E-state index in [1.807, 2.05) is 25.6 Å². The maximum absolute atomic E-state index is 5.82. The Kier molecular flexibility index (Phi) is 7.05. The first kappa shape index (κ1) is 25.6. The summed E-state index contributed by atoms with van der Waals surface area (Å²) in [4.78, 5) is 23.4. The van der Waals surface area contributed by atoms with Gasteiger partial charge in [-0.15, -0.1) is 5.10 Å². The molecule has 4 aromatic heterocycles. The summed E-state index contributed by atoms with van der Waals surface area (Å²) in [6, 6.07) is 8.69. The fourth-order valence-corrected chi connectivity index (χ4v) is 5.39. The van der Waals surface area contributed by atoms with Crippen molar-refractivity contribution in [2.75, 3.05) is 50.8 Å². The normalized spacial score (nSPS) is 18.3. The Hall–Kier alpha value is -4.33. The molecular weight excluding hydrogens is 520 g/mol. The molecule has 0 radical (unpaired) electrons. The average Bonchev–Trinajstić information content (AvgIpc) is 3.64. The molecule has 1 atom stereocenters. The van der Waals surface area contributed by atoms with Gasteiger partial charge in [0.15, 0.2) is 5.65 Å². The van der Waals surface area contributed by atoms with Crippen LogP contribution in [-0.4, -0.2) is 102 Å². The maximum atomic E-state index is 5.82. The molecule has 2 aliphatic heterocycles. The second-order valence-electron chi connectivity index (χ2n) is 10.5. The van der Waals surface area contributed by atoms with E-state index < -0.39 is 0 Å². The van der Waals surface area contributed by atoms with Crippen molar-refractivity contribution in [3.63, 3.8) is 0 Å². The molecule has 0 saturated carbocycles. The molecule has 0 aliphatic carbocycles. The largest absolute Gasteiger partial charge is 0.377 e. The highest BCUT2D eigenvalue weighted by atomic mass is 16.5. The lowest BCUT2D eigenvalue weighted by Crippen LogP contribution is -2.48. The first-order valence-electron chi connectivity index (χ1n) is 13.9. The van der Waals surface area contributed by atoms with Crippen molar-refractivity contribution in [2.24, 2.45) is 7.05 Å². The van der Waals surface area contributed by atoms with Gasteiger partial charge in [0.2, 0.25) is 11.6 Å². The molecule has 2 fully saturated rings. The van der Waals surface area contributed by atoms with E-state index in [0.29, 0.717) is 49.2 Å². The summed E-state index contributed by atoms with van der Waals surface area (Å²) < 4.78 is 9.33. The molecule has 2 aliphatic rings. The summed E-state index contributed by atoms with van der Waals surface area (Å²) in [7, 11) is 1.87. The van der Waals surface area contributed by atoms with Gasteiger partial charge in [-0.05, 0) is 11.1 Å². The van der Waals surface area contributed by atoms with Gasteiger partial charge in [0.1, 0.15) is 0 Å². The number of hydrogen-bond acceptors (Lipinski definition) is 11. The van der Waals surface area contributed by atoms with E-state index in [2.05, 4.69) is 64.8 Å². The lowest BCUT2D eigenvalue weighted by atomic mass is 10.1. The van der Waals surface area contributed by atoms with E-state index in [0.717, 1.165) is 49.4 Å². The van der Waals surface area contributed by atoms with Gasteiger partial charge in [0.25, 0.3) is 0 Å². The highest BCUT2D eigenvalue weighted by Crippen LogP contribution is 2.23. The maximum Gasteiger partial charge on any atom is 0.225 e. The number of fused-ring (bicyclic) bond motifs is 1. The van der Waals surface area contributed by atoms with E-state index in [-0.39, 0.29) is 6.04 Å². The summed E-state index contributed by atoms with van der Waals surface area (Å²) in [5.41, 5.74) is 6.14. The van der Waals surface area contributed by atoms with E-state index in [1.54, 1.807) is 21.8 Å². The Morgan fingerprint density at radius 3 is 2.54 bits per heavy atom. The van der Waals surface area contributed by atoms with Crippen LogP contribution in [0.4, 0.5) is 5.95 Å². The molecule has 6 heterocycles. The Labute approximate surface area is 237 Å². The number of nitrogens with zero attached hydrogens (tertiary/aromatic N) is 11. The smallest absolute Gasteiger partial charge is 0.225 e. The molecule has 0 spiro atoms. The molecule has 210 valence electrons. The molecule has 0 bridgehead atoms. The first-order valence-corrected chi connectivity index (χ1v) is 13.9. The zero-order valence-electron chi connectivity index (χ0n) is 23.0. The van der Waals surface area contributed by atoms with Gasteiger partial charge in [0, 0.05) is 76.0 Å². The highest BCUT2D eigenvalue weighted by Gasteiger charge is 2.27. The van der Waals surface area contributed by atoms with Crippen molar-refractivity contribution < 1.29 is 4.74 Å². The van der Waals surface area contributed by atoms with E-state index in [4.69, 9.17) is 14.7 Å². The molecule has 13 nitrogen and oxygen atoms in total. The van der Waals surface area contributed by atoms with Gasteiger partial charge in [-0.2, -0.15) is 5.10 Å². The minimum Gasteiger partial charge on any atom is -0.377 e. The van der Waals surface area contributed by atoms with E-state index >= 15 is 0 Å². The fourth-order valence-electron chi connectivity index (χ4n) is 5.39. The number of ether oxygens (including phenoxy) is 1. The van der Waals surface area contributed by atoms with Gasteiger partial charge in [-0.1, -0.05) is 29.5 Å². The van der Waals surface area contributed by atoms with Crippen molar-refractivity contribution in [3.05, 3.63) is 60.8 Å². The summed E-state index contributed by atoms with van der Waals surface area (Å²) in [5.74, 6) is 0.673. The second kappa shape index (κ2) is 11.3. The third-order valence-corrected chi connectivity index (χ3v) is 7.64. The van der Waals surface area contributed by atoms with Gasteiger partial charge < -0.3 is 15.0 Å². The van der Waals surface area contributed by atoms with Crippen LogP contribution in [0.2, 0.25) is 0 Å². The number of aromatic nitrogens is 9. The van der Waals surface area contributed by atoms with Crippen LogP contribution >= 0.6 is 0 Å². The molecule has 1 aromatic carbocycles. The van der Waals surface area contributed by atoms with Crippen LogP contribution in [0.1, 0.15) is 5.56 Å². The van der Waals surface area contributed by atoms with Crippen molar-refractivity contribution in [2.45, 2.75) is 19.1 Å². The lowest BCUT2D eigenvalue weighted by Gasteiger charge is -2.35. The van der Waals surface area contributed by atoms with Gasteiger partial charge in [0.05, 0.1) is 43.9 Å². The Morgan fingerprint density at radius 2 is 1.76 bits per heavy atom. The molecule has 1 unspecified atom stereocenters. The minimum absolute atomic E-state index is 0.0245. The zero-order valence-corrected chi connectivity index (χ0v) is 23.0. The topological polar surface area (TPSA) is 128 Å². The second-order valence-corrected chi connectivity index (χ2v) is 10.5. The van der Waals surface area contributed by atoms with Gasteiger partial charge in [-0.3, -0.25) is 9.58 Å². The molecule has 5 aromatic rings. The molecule has 13 heteroatoms. The molecular formula is C28H32N12O. The number of aryl methyl sites for hydroxylation is 1. The number of anilines is 1. The van der Waals surface area contributed by atoms with Crippen LogP contribution in [0.15, 0.2) is 55.2 Å². The Balaban J connectivity index is 1.05. The summed E-state index contributed by atoms with van der Waals surface area (Å²) in [5, 5.41) is 16.2. The van der Waals surface area contributed by atoms with Crippen LogP contribution in [0.5, 0.6) is 0 Å². The molecule has 0 amide bonds. The van der Waals surface area contributed by atoms with Crippen LogP contribution in [-0.2, 0) is 24.9 Å². The van der Waals surface area contributed by atoms with Crippen LogP contribution < -0.4 is 10.2 Å². The van der Waals surface area contributed by atoms with Crippen molar-refractivity contribution in [1.82, 2.24) is 54.9 Å². The summed E-state index contributed by atoms with van der Waals surface area (Å²) in [6.45, 7) is 7.64. The van der Waals surface area contributed by atoms with Crippen LogP contribution in [0.25, 0.3) is 33.7 Å². The molecule has 7 rings (SSSR count). The molecule has 41 heavy (non-hydrogen) atoms. The standard InChI is InChI=1S/C28H32N12O/c1-37-17-23(14-33-37)25-15-30-27-26(34-25)35-36-40(27)18-24-19-41-11-10-39(24)28-31-12-22(13-32-28)21-4-2-20(3-5-21)16-38-8-6-29-7-9-38/h2-5,12-15,17,24,29H,6-11,16,18-19H2,1H3. The SMILES string of the molecule is Cn1cc(-c2cnc3c(nnn3CC3COCCN3c3ncc(-c4ccc(CN5CCNCC5)cc4)cn3)n2)cn1. The predicted molar refractivity (Wildman–Crippen MR) is 153 cm³/mol. The molecule has 2 saturated heterocycles. The first-order chi connectivity index (χ1) is 20.2. The number of nitrogens with one attached hydrogen (secondary N) is 1. The number of piperazine rings is 1. The van der Waals surface area contributed by atoms with Gasteiger partial charge in [-0.25, -0.2) is 24.6 Å². The lowest BCUT2D eigenvalue weighted by molar-refractivity contribution is 0.0871. The quantitative estimate of drug-likeness (QED) is 0.315. The minimum atomic E-state index is -0.0245. The highest BCUT2D eigenvalue weighted by molar-refractivity contribution is 5.69. The third kappa shape index (κ3) is 5.51. The monoisotopic (exact) mass is 552 g/mol. The summed E-state index contributed by atoms with van der Waals surface area (Å²) in [6.07, 6.45) is 9.18. The number of rotatable bonds is 7. The summed E-state index contributed by atoms with van der Waals surface area (Å²) >= 11 is 0. The van der Waals surface area contributed by atoms with E-state index in [1.165, 1.54) is 5.56 Å². The zero-order chi connectivity index (χ0) is 27.6. The van der Waals surface area contributed by atoms with Crippen molar-refractivity contribution >= 4 is 17.2 Å². The average molecular weight is 553 g/mol. The number of hydrogen-bond donors (Lipinski definition) is 1. The van der Waals surface area contributed by atoms with Crippen LogP contribution in [0, 0.1) is 0 Å². The van der Waals surface area contributed by atoms with Crippen molar-refractivity contribution in [1.29, 1.82) is 0 Å². The Morgan fingerprint density at radius 1 is 0.927 bits per heavy atom. The third-order valence-electron chi connectivity index (χ3n) is 7.64. The van der Waals surface area contributed by atoms with E-state index in [9.17, 15) is 0 Å². The Bertz CT molecular complexity index is 1610. The van der Waals surface area contributed by atoms with Crippen LogP contribution in [0.3, 0.4) is 0 Å². The van der Waals surface area contributed by atoms with Crippen molar-refractivity contribution in [3.8, 4) is 22.4 Å². The predicted octanol–water partition coefficient (Wildman–Crippen LogP) is 1.39. The molecule has 1 N–H and O–H groups in total. The number of benzene rings is 1. The number of morpholine rings is 1.